The molecule has 0 aliphatic rings. The second-order valence-corrected chi connectivity index (χ2v) is 5.57. The van der Waals surface area contributed by atoms with Gasteiger partial charge in [0.05, 0.1) is 7.11 Å². The molecule has 0 aliphatic heterocycles. The van der Waals surface area contributed by atoms with Crippen LogP contribution in [0.5, 0.6) is 5.75 Å². The van der Waals surface area contributed by atoms with Crippen molar-refractivity contribution in [1.29, 1.82) is 0 Å². The van der Waals surface area contributed by atoms with Gasteiger partial charge < -0.3 is 10.1 Å². The fraction of sp³-hybridized carbons (Fsp3) is 0.421. The van der Waals surface area contributed by atoms with Crippen molar-refractivity contribution >= 4 is 0 Å². The normalized spacial score (nSPS) is 11.0. The van der Waals surface area contributed by atoms with Gasteiger partial charge in [-0.1, -0.05) is 26.0 Å². The number of benzene rings is 1. The largest absolute Gasteiger partial charge is 0.496 e. The summed E-state index contributed by atoms with van der Waals surface area (Å²) >= 11 is 0. The van der Waals surface area contributed by atoms with E-state index in [9.17, 15) is 0 Å². The van der Waals surface area contributed by atoms with Gasteiger partial charge in [0.1, 0.15) is 5.75 Å². The van der Waals surface area contributed by atoms with Crippen LogP contribution >= 0.6 is 0 Å². The summed E-state index contributed by atoms with van der Waals surface area (Å²) in [7, 11) is 1.74. The van der Waals surface area contributed by atoms with Crippen LogP contribution in [0.3, 0.4) is 0 Å². The Morgan fingerprint density at radius 2 is 1.74 bits per heavy atom. The van der Waals surface area contributed by atoms with Crippen LogP contribution in [0, 0.1) is 0 Å². The van der Waals surface area contributed by atoms with Gasteiger partial charge in [-0.3, -0.25) is 9.88 Å². The van der Waals surface area contributed by atoms with Gasteiger partial charge in [-0.2, -0.15) is 0 Å². The van der Waals surface area contributed by atoms with Crippen LogP contribution in [-0.2, 0) is 19.6 Å². The first-order valence-electron chi connectivity index (χ1n) is 8.24. The molecule has 1 heterocycles. The minimum atomic E-state index is 0.789. The predicted octanol–water partition coefficient (Wildman–Crippen LogP) is 3.22. The number of nitrogens with zero attached hydrogens (tertiary/aromatic N) is 2. The summed E-state index contributed by atoms with van der Waals surface area (Å²) in [5.41, 5.74) is 3.71. The van der Waals surface area contributed by atoms with Crippen molar-refractivity contribution in [2.24, 2.45) is 0 Å². The maximum absolute atomic E-state index is 5.57. The summed E-state index contributed by atoms with van der Waals surface area (Å²) in [6.07, 6.45) is 3.64. The van der Waals surface area contributed by atoms with E-state index in [0.29, 0.717) is 0 Å². The second-order valence-electron chi connectivity index (χ2n) is 5.57. The quantitative estimate of drug-likeness (QED) is 0.771. The molecule has 1 aromatic carbocycles. The molecule has 4 heteroatoms. The molecular weight excluding hydrogens is 286 g/mol. The van der Waals surface area contributed by atoms with E-state index in [-0.39, 0.29) is 0 Å². The first-order valence-corrected chi connectivity index (χ1v) is 8.24. The highest BCUT2D eigenvalue weighted by atomic mass is 16.5. The van der Waals surface area contributed by atoms with Crippen molar-refractivity contribution in [3.63, 3.8) is 0 Å². The molecule has 2 rings (SSSR count). The summed E-state index contributed by atoms with van der Waals surface area (Å²) in [5.74, 6) is 0.955. The monoisotopic (exact) mass is 313 g/mol. The Balaban J connectivity index is 1.96. The topological polar surface area (TPSA) is 37.4 Å². The molecular formula is C19H27N3O. The number of ether oxygens (including phenoxy) is 1. The fourth-order valence-electron chi connectivity index (χ4n) is 2.58. The van der Waals surface area contributed by atoms with Crippen LogP contribution in [0.1, 0.15) is 30.5 Å². The van der Waals surface area contributed by atoms with Crippen LogP contribution in [0.4, 0.5) is 0 Å². The summed E-state index contributed by atoms with van der Waals surface area (Å²) in [4.78, 5) is 6.43. The Morgan fingerprint density at radius 1 is 1.00 bits per heavy atom. The van der Waals surface area contributed by atoms with E-state index in [1.54, 1.807) is 7.11 Å². The van der Waals surface area contributed by atoms with Crippen molar-refractivity contribution in [2.45, 2.75) is 33.5 Å². The van der Waals surface area contributed by atoms with Gasteiger partial charge >= 0.3 is 0 Å². The number of methoxy groups -OCH3 is 1. The van der Waals surface area contributed by atoms with E-state index in [0.717, 1.165) is 38.5 Å². The molecule has 0 spiro atoms. The number of nitrogens with one attached hydrogen (secondary N) is 1. The van der Waals surface area contributed by atoms with Crippen molar-refractivity contribution in [3.05, 3.63) is 59.4 Å². The molecule has 1 aromatic heterocycles. The lowest BCUT2D eigenvalue weighted by Crippen LogP contribution is -2.22. The highest BCUT2D eigenvalue weighted by Gasteiger charge is 2.07. The van der Waals surface area contributed by atoms with Gasteiger partial charge in [0.2, 0.25) is 0 Å². The van der Waals surface area contributed by atoms with Crippen LogP contribution in [0.25, 0.3) is 0 Å². The molecule has 0 atom stereocenters. The van der Waals surface area contributed by atoms with Crippen LogP contribution in [-0.4, -0.2) is 30.1 Å². The molecule has 4 nitrogen and oxygen atoms in total. The van der Waals surface area contributed by atoms with Gasteiger partial charge in [0.15, 0.2) is 0 Å². The molecule has 0 saturated heterocycles. The van der Waals surface area contributed by atoms with Gasteiger partial charge in [0, 0.05) is 37.6 Å². The van der Waals surface area contributed by atoms with Gasteiger partial charge in [-0.25, -0.2) is 0 Å². The third-order valence-corrected chi connectivity index (χ3v) is 4.05. The van der Waals surface area contributed by atoms with Crippen LogP contribution in [0.2, 0.25) is 0 Å². The lowest BCUT2D eigenvalue weighted by molar-refractivity contribution is 0.295. The third kappa shape index (κ3) is 5.34. The van der Waals surface area contributed by atoms with E-state index < -0.39 is 0 Å². The van der Waals surface area contributed by atoms with Crippen molar-refractivity contribution in [3.8, 4) is 5.75 Å². The van der Waals surface area contributed by atoms with E-state index in [1.165, 1.54) is 16.7 Å². The standard InChI is InChI=1S/C19H27N3O/c1-4-22(5-2)15-17-6-7-18(19(12-17)23-3)14-21-13-16-8-10-20-11-9-16/h6-12,21H,4-5,13-15H2,1-3H3. The molecule has 1 N–H and O–H groups in total. The molecule has 23 heavy (non-hydrogen) atoms. The number of pyridine rings is 1. The fourth-order valence-corrected chi connectivity index (χ4v) is 2.58. The molecule has 0 unspecified atom stereocenters. The second kappa shape index (κ2) is 9.28. The zero-order chi connectivity index (χ0) is 16.5. The summed E-state index contributed by atoms with van der Waals surface area (Å²) in [6, 6.07) is 10.6. The van der Waals surface area contributed by atoms with Gasteiger partial charge in [0.25, 0.3) is 0 Å². The van der Waals surface area contributed by atoms with Crippen LogP contribution in [0.15, 0.2) is 42.7 Å². The maximum atomic E-state index is 5.57. The maximum Gasteiger partial charge on any atom is 0.123 e. The highest BCUT2D eigenvalue weighted by molar-refractivity contribution is 5.37. The van der Waals surface area contributed by atoms with E-state index >= 15 is 0 Å². The van der Waals surface area contributed by atoms with Crippen molar-refractivity contribution in [2.75, 3.05) is 20.2 Å². The Bertz CT molecular complexity index is 582. The summed E-state index contributed by atoms with van der Waals surface area (Å²) in [6.45, 7) is 9.09. The van der Waals surface area contributed by atoms with Crippen LogP contribution < -0.4 is 10.1 Å². The first kappa shape index (κ1) is 17.4. The molecule has 0 saturated carbocycles. The van der Waals surface area contributed by atoms with Gasteiger partial charge in [-0.15, -0.1) is 0 Å². The van der Waals surface area contributed by atoms with Crippen molar-refractivity contribution in [1.82, 2.24) is 15.2 Å². The molecule has 0 amide bonds. The first-order chi connectivity index (χ1) is 11.3. The highest BCUT2D eigenvalue weighted by Crippen LogP contribution is 2.21. The number of rotatable bonds is 9. The third-order valence-electron chi connectivity index (χ3n) is 4.05. The molecule has 0 radical (unpaired) electrons. The predicted molar refractivity (Wildman–Crippen MR) is 94.4 cm³/mol. The van der Waals surface area contributed by atoms with E-state index in [2.05, 4.69) is 47.2 Å². The molecule has 0 aliphatic carbocycles. The van der Waals surface area contributed by atoms with Gasteiger partial charge in [-0.05, 0) is 42.4 Å². The Labute approximate surface area is 139 Å². The zero-order valence-corrected chi connectivity index (χ0v) is 14.4. The van der Waals surface area contributed by atoms with E-state index in [4.69, 9.17) is 4.74 Å². The average molecular weight is 313 g/mol. The summed E-state index contributed by atoms with van der Waals surface area (Å²) < 4.78 is 5.57. The molecule has 2 aromatic rings. The molecule has 0 bridgehead atoms. The smallest absolute Gasteiger partial charge is 0.123 e. The number of hydrogen-bond acceptors (Lipinski definition) is 4. The number of hydrogen-bond donors (Lipinski definition) is 1. The number of aromatic nitrogens is 1. The SMILES string of the molecule is CCN(CC)Cc1ccc(CNCc2ccncc2)c(OC)c1. The Kier molecular flexibility index (Phi) is 7.04. The lowest BCUT2D eigenvalue weighted by Gasteiger charge is -2.19. The minimum Gasteiger partial charge on any atom is -0.496 e. The summed E-state index contributed by atoms with van der Waals surface area (Å²) in [5, 5.41) is 3.46. The zero-order valence-electron chi connectivity index (χ0n) is 14.4. The Hall–Kier alpha value is -1.91. The molecule has 0 fully saturated rings. The minimum absolute atomic E-state index is 0.789. The van der Waals surface area contributed by atoms with E-state index in [1.807, 2.05) is 24.5 Å². The molecule has 124 valence electrons. The van der Waals surface area contributed by atoms with Crippen molar-refractivity contribution < 1.29 is 4.74 Å². The Morgan fingerprint density at radius 3 is 2.39 bits per heavy atom. The lowest BCUT2D eigenvalue weighted by atomic mass is 10.1. The average Bonchev–Trinajstić information content (AvgIpc) is 2.61.